The Bertz CT molecular complexity index is 383. The molecule has 0 amide bonds. The Hall–Kier alpha value is 0.0900. The van der Waals surface area contributed by atoms with Crippen molar-refractivity contribution in [1.82, 2.24) is 0 Å². The van der Waals surface area contributed by atoms with Crippen molar-refractivity contribution in [2.75, 3.05) is 12.4 Å². The van der Waals surface area contributed by atoms with E-state index in [4.69, 9.17) is 5.11 Å². The number of thiophene rings is 1. The van der Waals surface area contributed by atoms with Crippen LogP contribution in [-0.4, -0.2) is 25.9 Å². The molecule has 0 bridgehead atoms. The largest absolute Gasteiger partial charge is 0.396 e. The summed E-state index contributed by atoms with van der Waals surface area (Å²) in [5.74, 6) is 0.117. The summed E-state index contributed by atoms with van der Waals surface area (Å²) < 4.78 is 23.8. The molecule has 6 heteroatoms. The highest BCUT2D eigenvalue weighted by Crippen LogP contribution is 2.22. The van der Waals surface area contributed by atoms with E-state index >= 15 is 0 Å². The van der Waals surface area contributed by atoms with Gasteiger partial charge in [-0.05, 0) is 39.4 Å². The van der Waals surface area contributed by atoms with Crippen molar-refractivity contribution in [3.63, 3.8) is 0 Å². The molecule has 0 aliphatic carbocycles. The maximum Gasteiger partial charge on any atom is 0.154 e. The Morgan fingerprint density at radius 3 is 2.71 bits per heavy atom. The SMILES string of the molecule is O=S(=O)(CCCO)Cc1csc(Br)c1. The molecular weight excluding hydrogens is 288 g/mol. The molecule has 1 rings (SSSR count). The summed E-state index contributed by atoms with van der Waals surface area (Å²) in [6, 6.07) is 1.81. The predicted octanol–water partition coefficient (Wildman–Crippen LogP) is 1.81. The van der Waals surface area contributed by atoms with Crippen LogP contribution in [0.15, 0.2) is 15.2 Å². The van der Waals surface area contributed by atoms with Gasteiger partial charge in [0.1, 0.15) is 0 Å². The van der Waals surface area contributed by atoms with Gasteiger partial charge in [-0.1, -0.05) is 0 Å². The molecule has 1 aromatic rings. The first kappa shape index (κ1) is 12.2. The monoisotopic (exact) mass is 298 g/mol. The molecule has 0 aromatic carbocycles. The van der Waals surface area contributed by atoms with Crippen molar-refractivity contribution in [3.05, 3.63) is 20.8 Å². The first-order chi connectivity index (χ1) is 6.53. The lowest BCUT2D eigenvalue weighted by atomic mass is 10.4. The predicted molar refractivity (Wildman–Crippen MR) is 61.2 cm³/mol. The Morgan fingerprint density at radius 1 is 1.50 bits per heavy atom. The average molecular weight is 299 g/mol. The molecule has 3 nitrogen and oxygen atoms in total. The van der Waals surface area contributed by atoms with Crippen molar-refractivity contribution < 1.29 is 13.5 Å². The number of hydrogen-bond donors (Lipinski definition) is 1. The van der Waals surface area contributed by atoms with Crippen LogP contribution in [0.1, 0.15) is 12.0 Å². The molecule has 1 aromatic heterocycles. The number of aliphatic hydroxyl groups excluding tert-OH is 1. The summed E-state index contributed by atoms with van der Waals surface area (Å²) in [5, 5.41) is 10.3. The quantitative estimate of drug-likeness (QED) is 0.902. The number of halogens is 1. The van der Waals surface area contributed by atoms with Crippen LogP contribution in [0, 0.1) is 0 Å². The number of aliphatic hydroxyl groups is 1. The minimum absolute atomic E-state index is 0.0525. The van der Waals surface area contributed by atoms with Gasteiger partial charge in [0.15, 0.2) is 9.84 Å². The first-order valence-electron chi connectivity index (χ1n) is 4.08. The molecule has 0 atom stereocenters. The van der Waals surface area contributed by atoms with Gasteiger partial charge in [-0.2, -0.15) is 0 Å². The highest BCUT2D eigenvalue weighted by molar-refractivity contribution is 9.11. The highest BCUT2D eigenvalue weighted by atomic mass is 79.9. The summed E-state index contributed by atoms with van der Waals surface area (Å²) in [7, 11) is -3.06. The van der Waals surface area contributed by atoms with Gasteiger partial charge >= 0.3 is 0 Å². The zero-order chi connectivity index (χ0) is 10.6. The molecule has 0 fully saturated rings. The molecule has 0 spiro atoms. The highest BCUT2D eigenvalue weighted by Gasteiger charge is 2.12. The van der Waals surface area contributed by atoms with Crippen LogP contribution in [0.5, 0.6) is 0 Å². The number of sulfone groups is 1. The fraction of sp³-hybridized carbons (Fsp3) is 0.500. The fourth-order valence-corrected chi connectivity index (χ4v) is 3.73. The smallest absolute Gasteiger partial charge is 0.154 e. The lowest BCUT2D eigenvalue weighted by Crippen LogP contribution is -2.09. The summed E-state index contributed by atoms with van der Waals surface area (Å²) in [5.41, 5.74) is 0.805. The van der Waals surface area contributed by atoms with Gasteiger partial charge in [-0.15, -0.1) is 11.3 Å². The third-order valence-electron chi connectivity index (χ3n) is 1.62. The van der Waals surface area contributed by atoms with Crippen LogP contribution >= 0.6 is 27.3 Å². The molecule has 0 aliphatic heterocycles. The van der Waals surface area contributed by atoms with Crippen molar-refractivity contribution in [1.29, 1.82) is 0 Å². The van der Waals surface area contributed by atoms with Gasteiger partial charge in [-0.3, -0.25) is 0 Å². The summed E-state index contributed by atoms with van der Waals surface area (Å²) >= 11 is 4.75. The van der Waals surface area contributed by atoms with Gasteiger partial charge in [0, 0.05) is 6.61 Å². The second-order valence-corrected chi connectivity index (χ2v) is 7.40. The Balaban J connectivity index is 2.59. The van der Waals surface area contributed by atoms with Gasteiger partial charge in [0.05, 0.1) is 15.3 Å². The van der Waals surface area contributed by atoms with Gasteiger partial charge in [-0.25, -0.2) is 8.42 Å². The van der Waals surface area contributed by atoms with E-state index in [0.717, 1.165) is 9.35 Å². The van der Waals surface area contributed by atoms with Crippen LogP contribution in [0.2, 0.25) is 0 Å². The normalized spacial score (nSPS) is 11.9. The van der Waals surface area contributed by atoms with Crippen molar-refractivity contribution in [2.45, 2.75) is 12.2 Å². The summed E-state index contributed by atoms with van der Waals surface area (Å²) in [6.45, 7) is -0.0768. The second kappa shape index (κ2) is 5.25. The second-order valence-electron chi connectivity index (χ2n) is 2.93. The Morgan fingerprint density at radius 2 is 2.21 bits per heavy atom. The third kappa shape index (κ3) is 4.08. The van der Waals surface area contributed by atoms with E-state index in [0.29, 0.717) is 6.42 Å². The molecule has 0 radical (unpaired) electrons. The number of rotatable bonds is 5. The van der Waals surface area contributed by atoms with Crippen LogP contribution in [-0.2, 0) is 15.6 Å². The van der Waals surface area contributed by atoms with Crippen molar-refractivity contribution in [2.24, 2.45) is 0 Å². The molecule has 0 saturated heterocycles. The van der Waals surface area contributed by atoms with Crippen LogP contribution in [0.3, 0.4) is 0 Å². The van der Waals surface area contributed by atoms with E-state index in [9.17, 15) is 8.42 Å². The van der Waals surface area contributed by atoms with E-state index < -0.39 is 9.84 Å². The Labute approximate surface area is 95.8 Å². The van der Waals surface area contributed by atoms with Crippen LogP contribution in [0.25, 0.3) is 0 Å². The van der Waals surface area contributed by atoms with E-state index in [-0.39, 0.29) is 18.1 Å². The maximum atomic E-state index is 11.4. The lowest BCUT2D eigenvalue weighted by Gasteiger charge is -2.00. The zero-order valence-corrected chi connectivity index (χ0v) is 10.7. The zero-order valence-electron chi connectivity index (χ0n) is 7.44. The Kier molecular flexibility index (Phi) is 4.56. The van der Waals surface area contributed by atoms with E-state index in [1.54, 1.807) is 6.07 Å². The van der Waals surface area contributed by atoms with Crippen LogP contribution < -0.4 is 0 Å². The fourth-order valence-electron chi connectivity index (χ4n) is 1.03. The minimum atomic E-state index is -3.06. The summed E-state index contributed by atoms with van der Waals surface area (Å²) in [6.07, 6.45) is 0.313. The molecule has 0 saturated carbocycles. The number of hydrogen-bond acceptors (Lipinski definition) is 4. The van der Waals surface area contributed by atoms with Gasteiger partial charge in [0.2, 0.25) is 0 Å². The molecule has 1 N–H and O–H groups in total. The van der Waals surface area contributed by atoms with Crippen LogP contribution in [0.4, 0.5) is 0 Å². The molecule has 80 valence electrons. The van der Waals surface area contributed by atoms with Gasteiger partial charge < -0.3 is 5.11 Å². The molecule has 0 aliphatic rings. The molecule has 14 heavy (non-hydrogen) atoms. The minimum Gasteiger partial charge on any atom is -0.396 e. The van der Waals surface area contributed by atoms with E-state index in [2.05, 4.69) is 15.9 Å². The van der Waals surface area contributed by atoms with E-state index in [1.165, 1.54) is 11.3 Å². The topological polar surface area (TPSA) is 54.4 Å². The maximum absolute atomic E-state index is 11.4. The molecule has 0 unspecified atom stereocenters. The first-order valence-corrected chi connectivity index (χ1v) is 7.57. The van der Waals surface area contributed by atoms with Crippen molar-refractivity contribution >= 4 is 37.1 Å². The standard InChI is InChI=1S/C8H11BrO3S2/c9-8-4-7(5-13-8)6-14(11,12)3-1-2-10/h4-5,10H,1-3,6H2. The average Bonchev–Trinajstić information content (AvgIpc) is 2.47. The summed E-state index contributed by atoms with van der Waals surface area (Å²) in [4.78, 5) is 0. The molecular formula is C8H11BrO3S2. The van der Waals surface area contributed by atoms with E-state index in [1.807, 2.05) is 5.38 Å². The third-order valence-corrected chi connectivity index (χ3v) is 4.86. The van der Waals surface area contributed by atoms with Crippen molar-refractivity contribution in [3.8, 4) is 0 Å². The molecule has 1 heterocycles. The lowest BCUT2D eigenvalue weighted by molar-refractivity contribution is 0.295. The van der Waals surface area contributed by atoms with Gasteiger partial charge in [0.25, 0.3) is 0 Å².